The lowest BCUT2D eigenvalue weighted by Gasteiger charge is -1.96. The number of nitro groups is 1. The summed E-state index contributed by atoms with van der Waals surface area (Å²) in [7, 11) is 0. The molecule has 4 heterocycles. The molecule has 0 spiro atoms. The fourth-order valence-corrected chi connectivity index (χ4v) is 2.74. The molecule has 9 nitrogen and oxygen atoms in total. The number of nitrogens with one attached hydrogen (secondary N) is 1. The third kappa shape index (κ3) is 3.49. The fraction of sp³-hybridized carbons (Fsp3) is 0. The van der Waals surface area contributed by atoms with Crippen LogP contribution in [0, 0.1) is 10.1 Å². The van der Waals surface area contributed by atoms with Crippen LogP contribution in [-0.4, -0.2) is 38.9 Å². The molecule has 9 heteroatoms. The first kappa shape index (κ1) is 17.2. The highest BCUT2D eigenvalue weighted by molar-refractivity contribution is 6.26. The molecule has 0 bridgehead atoms. The van der Waals surface area contributed by atoms with Crippen LogP contribution in [0.25, 0.3) is 12.2 Å². The number of hydrogen-bond acceptors (Lipinski definition) is 5. The van der Waals surface area contributed by atoms with Crippen molar-refractivity contribution in [3.05, 3.63) is 80.8 Å². The van der Waals surface area contributed by atoms with Gasteiger partial charge < -0.3 is 4.98 Å². The molecular formula is C19H11N5O4. The minimum atomic E-state index is -0.604. The molecule has 0 saturated heterocycles. The van der Waals surface area contributed by atoms with Crippen molar-refractivity contribution in [3.8, 4) is 0 Å². The molecule has 4 rings (SSSR count). The predicted molar refractivity (Wildman–Crippen MR) is 103 cm³/mol. The number of allylic oxidation sites excluding steroid dienone is 4. The normalized spacial score (nSPS) is 20.9. The summed E-state index contributed by atoms with van der Waals surface area (Å²) in [6.45, 7) is 0. The van der Waals surface area contributed by atoms with E-state index in [1.54, 1.807) is 24.3 Å². The number of rotatable bonds is 4. The highest BCUT2D eigenvalue weighted by Crippen LogP contribution is 2.19. The molecule has 0 unspecified atom stereocenters. The van der Waals surface area contributed by atoms with Crippen LogP contribution in [-0.2, 0) is 9.59 Å². The standard InChI is InChI=1S/C19H11N5O4/c25-17-7-4-14(22-17)10-12-2-1-11(20-12)9-13-3-5-15(21-13)19(24(27)28)16-6-8-18(26)23-16/h1-10,20H/b11-9-,12-10?,19-15+. The van der Waals surface area contributed by atoms with Crippen molar-refractivity contribution in [1.29, 1.82) is 0 Å². The zero-order chi connectivity index (χ0) is 19.7. The van der Waals surface area contributed by atoms with Crippen molar-refractivity contribution in [2.45, 2.75) is 0 Å². The summed E-state index contributed by atoms with van der Waals surface area (Å²) in [5.74, 6) is -0.828. The molecule has 2 amide bonds. The van der Waals surface area contributed by atoms with Gasteiger partial charge in [0, 0.05) is 22.9 Å². The average molecular weight is 373 g/mol. The minimum absolute atomic E-state index is 0.0173. The van der Waals surface area contributed by atoms with E-state index in [4.69, 9.17) is 0 Å². The maximum absolute atomic E-state index is 11.4. The van der Waals surface area contributed by atoms with Gasteiger partial charge in [-0.3, -0.25) is 19.7 Å². The first-order chi connectivity index (χ1) is 13.5. The number of H-pyrrole nitrogens is 1. The van der Waals surface area contributed by atoms with Gasteiger partial charge in [-0.25, -0.2) is 15.0 Å². The number of aromatic amines is 1. The topological polar surface area (TPSA) is 130 Å². The maximum Gasteiger partial charge on any atom is 0.320 e. The van der Waals surface area contributed by atoms with Crippen molar-refractivity contribution in [3.63, 3.8) is 0 Å². The average Bonchev–Trinajstić information content (AvgIpc) is 3.41. The molecule has 0 radical (unpaired) electrons. The smallest absolute Gasteiger partial charge is 0.320 e. The van der Waals surface area contributed by atoms with E-state index in [0.717, 1.165) is 10.7 Å². The lowest BCUT2D eigenvalue weighted by atomic mass is 10.2. The van der Waals surface area contributed by atoms with E-state index in [2.05, 4.69) is 20.0 Å². The van der Waals surface area contributed by atoms with Crippen molar-refractivity contribution < 1.29 is 14.5 Å². The van der Waals surface area contributed by atoms with Crippen LogP contribution in [0.2, 0.25) is 0 Å². The molecule has 1 N–H and O–H groups in total. The molecule has 3 aliphatic rings. The summed E-state index contributed by atoms with van der Waals surface area (Å²) in [5.41, 5.74) is 0.841. The molecule has 1 aromatic heterocycles. The number of nitrogens with zero attached hydrogens (tertiary/aromatic N) is 4. The van der Waals surface area contributed by atoms with Crippen LogP contribution in [0.3, 0.4) is 0 Å². The van der Waals surface area contributed by atoms with Gasteiger partial charge in [0.1, 0.15) is 11.4 Å². The molecule has 1 aromatic rings. The second-order valence-corrected chi connectivity index (χ2v) is 5.90. The number of carbonyl (C=O) groups excluding carboxylic acids is 2. The van der Waals surface area contributed by atoms with Gasteiger partial charge in [-0.05, 0) is 48.6 Å². The third-order valence-electron chi connectivity index (χ3n) is 3.92. The fourth-order valence-electron chi connectivity index (χ4n) is 2.74. The summed E-state index contributed by atoms with van der Waals surface area (Å²) >= 11 is 0. The molecule has 136 valence electrons. The molecule has 28 heavy (non-hydrogen) atoms. The summed E-state index contributed by atoms with van der Waals surface area (Å²) in [4.78, 5) is 47.9. The highest BCUT2D eigenvalue weighted by atomic mass is 16.6. The van der Waals surface area contributed by atoms with Crippen molar-refractivity contribution in [2.75, 3.05) is 0 Å². The second kappa shape index (κ2) is 6.80. The summed E-state index contributed by atoms with van der Waals surface area (Å²) < 4.78 is 0. The Morgan fingerprint density at radius 3 is 2.04 bits per heavy atom. The van der Waals surface area contributed by atoms with E-state index < -0.39 is 10.8 Å². The van der Waals surface area contributed by atoms with Crippen LogP contribution in [0.15, 0.2) is 75.0 Å². The monoisotopic (exact) mass is 373 g/mol. The third-order valence-corrected chi connectivity index (χ3v) is 3.92. The molecular weight excluding hydrogens is 362 g/mol. The van der Waals surface area contributed by atoms with E-state index in [9.17, 15) is 19.7 Å². The van der Waals surface area contributed by atoms with E-state index in [1.807, 2.05) is 12.1 Å². The Morgan fingerprint density at radius 1 is 0.857 bits per heavy atom. The van der Waals surface area contributed by atoms with Crippen molar-refractivity contribution >= 4 is 41.1 Å². The number of carbonyl (C=O) groups is 2. The predicted octanol–water partition coefficient (Wildman–Crippen LogP) is 0.150. The van der Waals surface area contributed by atoms with Gasteiger partial charge in [-0.15, -0.1) is 0 Å². The van der Waals surface area contributed by atoms with Gasteiger partial charge >= 0.3 is 5.70 Å². The Kier molecular flexibility index (Phi) is 4.17. The van der Waals surface area contributed by atoms with Gasteiger partial charge in [-0.1, -0.05) is 0 Å². The Bertz CT molecular complexity index is 1270. The van der Waals surface area contributed by atoms with Crippen molar-refractivity contribution in [1.82, 2.24) is 4.98 Å². The molecule has 0 saturated carbocycles. The van der Waals surface area contributed by atoms with Crippen LogP contribution >= 0.6 is 0 Å². The number of aliphatic imine (C=N–C) groups is 3. The minimum Gasteiger partial charge on any atom is -0.355 e. The largest absolute Gasteiger partial charge is 0.355 e. The van der Waals surface area contributed by atoms with E-state index in [1.165, 1.54) is 24.3 Å². The van der Waals surface area contributed by atoms with Gasteiger partial charge in [-0.2, -0.15) is 0 Å². The van der Waals surface area contributed by atoms with E-state index >= 15 is 0 Å². The number of amides is 2. The molecule has 0 atom stereocenters. The number of hydrogen-bond donors (Lipinski definition) is 1. The van der Waals surface area contributed by atoms with Gasteiger partial charge in [0.25, 0.3) is 11.8 Å². The zero-order valence-corrected chi connectivity index (χ0v) is 14.2. The second-order valence-electron chi connectivity index (χ2n) is 5.90. The molecule has 0 aromatic carbocycles. The SMILES string of the molecule is O=C1C=CC(C=c2cc/c(=C/C3=NC(=C(\C4=NC(=O)C=C4)[N+](=O)[O-])/C=C3)[nH]2)=N1. The lowest BCUT2D eigenvalue weighted by Crippen LogP contribution is -2.12. The molecule has 3 aliphatic heterocycles. The van der Waals surface area contributed by atoms with Gasteiger partial charge in [0.2, 0.25) is 0 Å². The Hall–Kier alpha value is -4.27. The highest BCUT2D eigenvalue weighted by Gasteiger charge is 2.27. The van der Waals surface area contributed by atoms with Crippen LogP contribution < -0.4 is 10.7 Å². The van der Waals surface area contributed by atoms with E-state index in [0.29, 0.717) is 11.4 Å². The lowest BCUT2D eigenvalue weighted by molar-refractivity contribution is -0.415. The van der Waals surface area contributed by atoms with Crippen molar-refractivity contribution in [2.24, 2.45) is 15.0 Å². The van der Waals surface area contributed by atoms with E-state index in [-0.39, 0.29) is 23.0 Å². The Balaban J connectivity index is 1.66. The summed E-state index contributed by atoms with van der Waals surface area (Å²) in [6.07, 6.45) is 12.1. The maximum atomic E-state index is 11.4. The first-order valence-electron chi connectivity index (χ1n) is 8.14. The van der Waals surface area contributed by atoms with Crippen LogP contribution in [0.4, 0.5) is 0 Å². The Labute approximate surface area is 157 Å². The number of aromatic nitrogens is 1. The van der Waals surface area contributed by atoms with Crippen LogP contribution in [0.5, 0.6) is 0 Å². The zero-order valence-electron chi connectivity index (χ0n) is 14.2. The van der Waals surface area contributed by atoms with Crippen LogP contribution in [0.1, 0.15) is 0 Å². The summed E-state index contributed by atoms with van der Waals surface area (Å²) in [5, 5.41) is 12.9. The quantitative estimate of drug-likeness (QED) is 0.594. The van der Waals surface area contributed by atoms with Gasteiger partial charge in [0.15, 0.2) is 0 Å². The summed E-state index contributed by atoms with van der Waals surface area (Å²) in [6, 6.07) is 3.62. The Morgan fingerprint density at radius 2 is 1.46 bits per heavy atom. The molecule has 0 aliphatic carbocycles. The molecule has 0 fully saturated rings. The first-order valence-corrected chi connectivity index (χ1v) is 8.14. The van der Waals surface area contributed by atoms with Gasteiger partial charge in [0.05, 0.1) is 16.3 Å².